The molecule has 5 amide bonds. The van der Waals surface area contributed by atoms with Crippen LogP contribution in [0.4, 0.5) is 10.5 Å². The maximum atomic E-state index is 12.5. The van der Waals surface area contributed by atoms with Crippen LogP contribution in [0.25, 0.3) is 0 Å². The Morgan fingerprint density at radius 3 is 2.43 bits per heavy atom. The van der Waals surface area contributed by atoms with Crippen LogP contribution in [0.15, 0.2) is 24.3 Å². The number of hydrogen-bond donors (Lipinski definition) is 1. The molecule has 9 heteroatoms. The molecule has 0 spiro atoms. The first-order valence-corrected chi connectivity index (χ1v) is 9.14. The summed E-state index contributed by atoms with van der Waals surface area (Å²) in [6, 6.07) is 5.94. The van der Waals surface area contributed by atoms with Gasteiger partial charge in [-0.2, -0.15) is 0 Å². The lowest BCUT2D eigenvalue weighted by molar-refractivity contribution is -0.144. The van der Waals surface area contributed by atoms with Gasteiger partial charge in [-0.25, -0.2) is 9.69 Å². The number of nitrogens with zero attached hydrogens (tertiary/aromatic N) is 3. The van der Waals surface area contributed by atoms with Crippen molar-refractivity contribution in [3.63, 3.8) is 0 Å². The van der Waals surface area contributed by atoms with Crippen molar-refractivity contribution in [2.75, 3.05) is 32.2 Å². The van der Waals surface area contributed by atoms with Gasteiger partial charge in [0.2, 0.25) is 5.91 Å². The van der Waals surface area contributed by atoms with E-state index in [1.54, 1.807) is 43.0 Å². The quantitative estimate of drug-likeness (QED) is 0.507. The Labute approximate surface area is 164 Å². The molecule has 0 unspecified atom stereocenters. The molecular formula is C19H26N4O5. The lowest BCUT2D eigenvalue weighted by atomic mass is 10.3. The zero-order valence-corrected chi connectivity index (χ0v) is 16.6. The van der Waals surface area contributed by atoms with E-state index in [-0.39, 0.29) is 19.1 Å². The van der Waals surface area contributed by atoms with Crippen LogP contribution < -0.4 is 10.1 Å². The SMILES string of the molecule is CCCN(CC(=O)Nc1ccccc1OC)CN1C(=O)C(=O)N(C(C)C)C1=O. The van der Waals surface area contributed by atoms with Crippen LogP contribution in [0.5, 0.6) is 5.75 Å². The molecule has 1 aromatic rings. The number of carbonyl (C=O) groups is 4. The van der Waals surface area contributed by atoms with E-state index in [0.29, 0.717) is 24.4 Å². The molecule has 1 aliphatic heterocycles. The van der Waals surface area contributed by atoms with E-state index in [9.17, 15) is 19.2 Å². The molecule has 28 heavy (non-hydrogen) atoms. The fourth-order valence-corrected chi connectivity index (χ4v) is 2.96. The number of ether oxygens (including phenoxy) is 1. The third-order valence-electron chi connectivity index (χ3n) is 4.23. The summed E-state index contributed by atoms with van der Waals surface area (Å²) in [4.78, 5) is 52.6. The third kappa shape index (κ3) is 4.66. The molecule has 0 atom stereocenters. The Balaban J connectivity index is 2.07. The van der Waals surface area contributed by atoms with Gasteiger partial charge in [0.05, 0.1) is 26.0 Å². The zero-order valence-electron chi connectivity index (χ0n) is 16.6. The normalized spacial score (nSPS) is 14.4. The van der Waals surface area contributed by atoms with E-state index in [1.807, 2.05) is 6.92 Å². The van der Waals surface area contributed by atoms with Crippen molar-refractivity contribution in [2.24, 2.45) is 0 Å². The number of imide groups is 2. The molecule has 1 fully saturated rings. The minimum atomic E-state index is -0.870. The largest absolute Gasteiger partial charge is 0.495 e. The minimum absolute atomic E-state index is 0.0428. The number of carbonyl (C=O) groups excluding carboxylic acids is 4. The first kappa shape index (κ1) is 21.4. The number of amides is 5. The average Bonchev–Trinajstić information content (AvgIpc) is 2.85. The summed E-state index contributed by atoms with van der Waals surface area (Å²) >= 11 is 0. The topological polar surface area (TPSA) is 99.3 Å². The van der Waals surface area contributed by atoms with Gasteiger partial charge < -0.3 is 10.1 Å². The molecule has 1 aromatic carbocycles. The first-order chi connectivity index (χ1) is 13.3. The fourth-order valence-electron chi connectivity index (χ4n) is 2.96. The number of rotatable bonds is 9. The van der Waals surface area contributed by atoms with Crippen LogP contribution in [-0.4, -0.2) is 71.4 Å². The van der Waals surface area contributed by atoms with Gasteiger partial charge in [-0.1, -0.05) is 19.1 Å². The van der Waals surface area contributed by atoms with Gasteiger partial charge in [0.15, 0.2) is 0 Å². The summed E-state index contributed by atoms with van der Waals surface area (Å²) in [5, 5.41) is 2.76. The molecule has 0 saturated carbocycles. The van der Waals surface area contributed by atoms with E-state index in [1.165, 1.54) is 7.11 Å². The van der Waals surface area contributed by atoms with Crippen LogP contribution >= 0.6 is 0 Å². The van der Waals surface area contributed by atoms with Gasteiger partial charge in [0.25, 0.3) is 0 Å². The number of anilines is 1. The fraction of sp³-hybridized carbons (Fsp3) is 0.474. The van der Waals surface area contributed by atoms with Crippen LogP contribution in [0.1, 0.15) is 27.2 Å². The van der Waals surface area contributed by atoms with Crippen LogP contribution in [0.3, 0.4) is 0 Å². The van der Waals surface area contributed by atoms with E-state index in [2.05, 4.69) is 5.32 Å². The molecular weight excluding hydrogens is 364 g/mol. The molecule has 2 rings (SSSR count). The lowest BCUT2D eigenvalue weighted by Gasteiger charge is -2.26. The Hall–Kier alpha value is -2.94. The Morgan fingerprint density at radius 2 is 1.86 bits per heavy atom. The number of urea groups is 1. The molecule has 1 N–H and O–H groups in total. The summed E-state index contributed by atoms with van der Waals surface area (Å²) in [6.45, 7) is 5.56. The van der Waals surface area contributed by atoms with E-state index < -0.39 is 23.9 Å². The predicted molar refractivity (Wildman–Crippen MR) is 103 cm³/mol. The monoisotopic (exact) mass is 390 g/mol. The summed E-state index contributed by atoms with van der Waals surface area (Å²) in [5.74, 6) is -1.50. The summed E-state index contributed by atoms with van der Waals surface area (Å²) < 4.78 is 5.21. The van der Waals surface area contributed by atoms with E-state index in [0.717, 1.165) is 9.80 Å². The van der Waals surface area contributed by atoms with Gasteiger partial charge in [-0.3, -0.25) is 24.2 Å². The summed E-state index contributed by atoms with van der Waals surface area (Å²) in [7, 11) is 1.51. The van der Waals surface area contributed by atoms with Crippen molar-refractivity contribution in [1.82, 2.24) is 14.7 Å². The number of nitrogens with one attached hydrogen (secondary N) is 1. The first-order valence-electron chi connectivity index (χ1n) is 9.14. The second kappa shape index (κ2) is 9.32. The van der Waals surface area contributed by atoms with Gasteiger partial charge in [-0.05, 0) is 32.4 Å². The molecule has 1 saturated heterocycles. The minimum Gasteiger partial charge on any atom is -0.495 e. The Kier molecular flexibility index (Phi) is 7.11. The highest BCUT2D eigenvalue weighted by Crippen LogP contribution is 2.23. The molecule has 1 heterocycles. The maximum absolute atomic E-state index is 12.5. The van der Waals surface area contributed by atoms with Crippen molar-refractivity contribution in [2.45, 2.75) is 33.2 Å². The summed E-state index contributed by atoms with van der Waals surface area (Å²) in [6.07, 6.45) is 0.708. The van der Waals surface area contributed by atoms with Gasteiger partial charge in [0, 0.05) is 12.6 Å². The highest BCUT2D eigenvalue weighted by atomic mass is 16.5. The lowest BCUT2D eigenvalue weighted by Crippen LogP contribution is -2.45. The highest BCUT2D eigenvalue weighted by molar-refractivity contribution is 6.44. The number of para-hydroxylation sites is 2. The molecule has 0 aromatic heterocycles. The molecule has 0 bridgehead atoms. The number of hydrogen-bond acceptors (Lipinski definition) is 6. The highest BCUT2D eigenvalue weighted by Gasteiger charge is 2.46. The molecule has 0 radical (unpaired) electrons. The summed E-state index contributed by atoms with van der Waals surface area (Å²) in [5.41, 5.74) is 0.529. The standard InChI is InChI=1S/C19H26N4O5/c1-5-10-21(11-16(24)20-14-8-6-7-9-15(14)28-4)12-22-17(25)18(26)23(13(2)3)19(22)27/h6-9,13H,5,10-12H2,1-4H3,(H,20,24). The average molecular weight is 390 g/mol. The molecule has 1 aliphatic rings. The van der Waals surface area contributed by atoms with Crippen LogP contribution in [0, 0.1) is 0 Å². The predicted octanol–water partition coefficient (Wildman–Crippen LogP) is 1.50. The smallest absolute Gasteiger partial charge is 0.335 e. The second-order valence-corrected chi connectivity index (χ2v) is 6.73. The Morgan fingerprint density at radius 1 is 1.18 bits per heavy atom. The van der Waals surface area contributed by atoms with Gasteiger partial charge >= 0.3 is 17.8 Å². The van der Waals surface area contributed by atoms with E-state index >= 15 is 0 Å². The molecule has 0 aliphatic carbocycles. The van der Waals surface area contributed by atoms with Crippen LogP contribution in [0.2, 0.25) is 0 Å². The zero-order chi connectivity index (χ0) is 20.8. The van der Waals surface area contributed by atoms with Crippen molar-refractivity contribution < 1.29 is 23.9 Å². The Bertz CT molecular complexity index is 764. The number of benzene rings is 1. The van der Waals surface area contributed by atoms with Crippen molar-refractivity contribution in [1.29, 1.82) is 0 Å². The van der Waals surface area contributed by atoms with E-state index in [4.69, 9.17) is 4.74 Å². The van der Waals surface area contributed by atoms with Crippen molar-refractivity contribution >= 4 is 29.4 Å². The third-order valence-corrected chi connectivity index (χ3v) is 4.23. The van der Waals surface area contributed by atoms with Gasteiger partial charge in [0.1, 0.15) is 5.75 Å². The molecule has 9 nitrogen and oxygen atoms in total. The van der Waals surface area contributed by atoms with Gasteiger partial charge in [-0.15, -0.1) is 0 Å². The van der Waals surface area contributed by atoms with Crippen molar-refractivity contribution in [3.05, 3.63) is 24.3 Å². The van der Waals surface area contributed by atoms with Crippen LogP contribution in [-0.2, 0) is 14.4 Å². The second-order valence-electron chi connectivity index (χ2n) is 6.73. The van der Waals surface area contributed by atoms with Crippen molar-refractivity contribution in [3.8, 4) is 5.75 Å². The number of methoxy groups -OCH3 is 1. The molecule has 152 valence electrons. The maximum Gasteiger partial charge on any atom is 0.335 e.